The molecule has 0 amide bonds. The van der Waals surface area contributed by atoms with E-state index in [1.807, 2.05) is 18.2 Å². The lowest BCUT2D eigenvalue weighted by atomic mass is 10.2. The van der Waals surface area contributed by atoms with Crippen molar-refractivity contribution in [3.8, 4) is 11.8 Å². The summed E-state index contributed by atoms with van der Waals surface area (Å²) in [7, 11) is 0. The lowest BCUT2D eigenvalue weighted by Gasteiger charge is -2.08. The average molecular weight is 406 g/mol. The summed E-state index contributed by atoms with van der Waals surface area (Å²) >= 11 is 5.53. The Morgan fingerprint density at radius 2 is 2.00 bits per heavy atom. The highest BCUT2D eigenvalue weighted by Gasteiger charge is 2.06. The van der Waals surface area contributed by atoms with Gasteiger partial charge in [0.05, 0.1) is 0 Å². The minimum absolute atomic E-state index is 0.322. The molecule has 17 heavy (non-hydrogen) atoms. The summed E-state index contributed by atoms with van der Waals surface area (Å²) in [6, 6.07) is 5.97. The van der Waals surface area contributed by atoms with Crippen LogP contribution in [0.25, 0.3) is 0 Å². The fraction of sp³-hybridized carbons (Fsp3) is 0.0909. The lowest BCUT2D eigenvalue weighted by molar-refractivity contribution is 0.436. The van der Waals surface area contributed by atoms with Crippen LogP contribution in [0.2, 0.25) is 0 Å². The largest absolute Gasteiger partial charge is 0.424 e. The van der Waals surface area contributed by atoms with E-state index in [0.717, 1.165) is 13.6 Å². The first-order chi connectivity index (χ1) is 8.19. The summed E-state index contributed by atoms with van der Waals surface area (Å²) in [5.74, 6) is 0.678. The van der Waals surface area contributed by atoms with Gasteiger partial charge in [0, 0.05) is 32.5 Å². The van der Waals surface area contributed by atoms with E-state index in [-0.39, 0.29) is 0 Å². The minimum Gasteiger partial charge on any atom is -0.424 e. The topological polar surface area (TPSA) is 61.0 Å². The average Bonchev–Trinajstić information content (AvgIpc) is 2.34. The molecule has 1 heterocycles. The van der Waals surface area contributed by atoms with Crippen LogP contribution in [-0.2, 0) is 6.54 Å². The molecule has 0 radical (unpaired) electrons. The first-order valence-electron chi connectivity index (χ1n) is 4.83. The van der Waals surface area contributed by atoms with E-state index in [1.165, 1.54) is 0 Å². The van der Waals surface area contributed by atoms with Crippen LogP contribution in [0.5, 0.6) is 11.8 Å². The van der Waals surface area contributed by atoms with E-state index in [0.29, 0.717) is 18.3 Å². The smallest absolute Gasteiger partial charge is 0.321 e. The van der Waals surface area contributed by atoms with Crippen LogP contribution < -0.4 is 10.5 Å². The first kappa shape index (κ1) is 12.7. The lowest BCUT2D eigenvalue weighted by Crippen LogP contribution is -2.00. The molecule has 0 fully saturated rings. The predicted octanol–water partition coefficient (Wildman–Crippen LogP) is 3.09. The van der Waals surface area contributed by atoms with E-state index in [1.54, 1.807) is 12.4 Å². The Hall–Kier alpha value is -0.730. The molecule has 2 aromatic rings. The van der Waals surface area contributed by atoms with Crippen molar-refractivity contribution in [3.63, 3.8) is 0 Å². The summed E-state index contributed by atoms with van der Waals surface area (Å²) in [5.41, 5.74) is 6.56. The maximum Gasteiger partial charge on any atom is 0.321 e. The summed E-state index contributed by atoms with van der Waals surface area (Å²) in [5, 5.41) is 0. The van der Waals surface area contributed by atoms with Crippen molar-refractivity contribution in [2.24, 2.45) is 5.73 Å². The zero-order valence-electron chi connectivity index (χ0n) is 8.73. The molecule has 0 saturated carbocycles. The highest BCUT2D eigenvalue weighted by molar-refractivity contribution is 14.1. The van der Waals surface area contributed by atoms with Crippen molar-refractivity contribution in [1.29, 1.82) is 0 Å². The zero-order chi connectivity index (χ0) is 12.3. The highest BCUT2D eigenvalue weighted by atomic mass is 127. The number of aromatic nitrogens is 2. The van der Waals surface area contributed by atoms with Crippen molar-refractivity contribution in [2.45, 2.75) is 6.54 Å². The molecule has 0 spiro atoms. The second kappa shape index (κ2) is 5.74. The van der Waals surface area contributed by atoms with Gasteiger partial charge >= 0.3 is 6.01 Å². The van der Waals surface area contributed by atoms with Crippen LogP contribution in [0.15, 0.2) is 35.1 Å². The Kier molecular flexibility index (Phi) is 4.30. The van der Waals surface area contributed by atoms with Gasteiger partial charge in [-0.2, -0.15) is 0 Å². The van der Waals surface area contributed by atoms with Gasteiger partial charge in [0.2, 0.25) is 0 Å². The summed E-state index contributed by atoms with van der Waals surface area (Å²) in [6.07, 6.45) is 3.40. The van der Waals surface area contributed by atoms with Gasteiger partial charge in [-0.05, 0) is 40.8 Å². The third-order valence-corrected chi connectivity index (χ3v) is 3.09. The van der Waals surface area contributed by atoms with Crippen molar-refractivity contribution >= 4 is 38.5 Å². The van der Waals surface area contributed by atoms with Crippen molar-refractivity contribution in [3.05, 3.63) is 44.2 Å². The van der Waals surface area contributed by atoms with Gasteiger partial charge in [-0.1, -0.05) is 15.9 Å². The molecule has 0 bridgehead atoms. The fourth-order valence-corrected chi connectivity index (χ4v) is 1.95. The number of nitrogens with two attached hydrogens (primary N) is 1. The summed E-state index contributed by atoms with van der Waals surface area (Å²) < 4.78 is 7.51. The molecule has 6 heteroatoms. The molecule has 0 aliphatic carbocycles. The first-order valence-corrected chi connectivity index (χ1v) is 6.70. The van der Waals surface area contributed by atoms with Crippen LogP contribution in [0.3, 0.4) is 0 Å². The molecule has 0 saturated heterocycles. The van der Waals surface area contributed by atoms with Crippen molar-refractivity contribution < 1.29 is 4.74 Å². The minimum atomic E-state index is 0.322. The number of benzene rings is 1. The van der Waals surface area contributed by atoms with Gasteiger partial charge in [0.15, 0.2) is 0 Å². The van der Waals surface area contributed by atoms with Crippen molar-refractivity contribution in [1.82, 2.24) is 9.97 Å². The van der Waals surface area contributed by atoms with Gasteiger partial charge in [-0.25, -0.2) is 9.97 Å². The number of halogens is 2. The number of ether oxygens (including phenoxy) is 1. The maximum atomic E-state index is 5.65. The van der Waals surface area contributed by atoms with Gasteiger partial charge in [0.25, 0.3) is 0 Å². The van der Waals surface area contributed by atoms with Gasteiger partial charge in [-0.15, -0.1) is 0 Å². The van der Waals surface area contributed by atoms with E-state index in [4.69, 9.17) is 10.5 Å². The summed E-state index contributed by atoms with van der Waals surface area (Å²) in [4.78, 5) is 8.16. The molecule has 0 unspecified atom stereocenters. The molecule has 0 aliphatic rings. The SMILES string of the molecule is NCc1cc(Br)ccc1Oc1ncc(I)cn1. The fourth-order valence-electron chi connectivity index (χ4n) is 1.26. The van der Waals surface area contributed by atoms with E-state index in [2.05, 4.69) is 48.5 Å². The van der Waals surface area contributed by atoms with Crippen LogP contribution in [0, 0.1) is 3.57 Å². The Bertz CT molecular complexity index is 519. The molecule has 4 nitrogen and oxygen atoms in total. The zero-order valence-corrected chi connectivity index (χ0v) is 12.5. The van der Waals surface area contributed by atoms with Crippen LogP contribution in [-0.4, -0.2) is 9.97 Å². The Morgan fingerprint density at radius 3 is 2.65 bits per heavy atom. The number of hydrogen-bond acceptors (Lipinski definition) is 4. The van der Waals surface area contributed by atoms with Crippen LogP contribution >= 0.6 is 38.5 Å². The van der Waals surface area contributed by atoms with Crippen LogP contribution in [0.4, 0.5) is 0 Å². The molecular weight excluding hydrogens is 397 g/mol. The highest BCUT2D eigenvalue weighted by Crippen LogP contribution is 2.25. The summed E-state index contributed by atoms with van der Waals surface area (Å²) in [6.45, 7) is 0.402. The third-order valence-electron chi connectivity index (χ3n) is 2.04. The molecule has 88 valence electrons. The molecule has 2 N–H and O–H groups in total. The number of nitrogens with zero attached hydrogens (tertiary/aromatic N) is 2. The third kappa shape index (κ3) is 3.36. The second-order valence-electron chi connectivity index (χ2n) is 3.24. The van der Waals surface area contributed by atoms with E-state index >= 15 is 0 Å². The van der Waals surface area contributed by atoms with Gasteiger partial charge in [-0.3, -0.25) is 0 Å². The Balaban J connectivity index is 2.26. The van der Waals surface area contributed by atoms with Gasteiger partial charge in [0.1, 0.15) is 5.75 Å². The number of rotatable bonds is 3. The predicted molar refractivity (Wildman–Crippen MR) is 76.9 cm³/mol. The molecule has 1 aromatic carbocycles. The van der Waals surface area contributed by atoms with E-state index < -0.39 is 0 Å². The monoisotopic (exact) mass is 405 g/mol. The normalized spacial score (nSPS) is 10.3. The molecule has 0 atom stereocenters. The van der Waals surface area contributed by atoms with Crippen molar-refractivity contribution in [2.75, 3.05) is 0 Å². The van der Waals surface area contributed by atoms with Gasteiger partial charge < -0.3 is 10.5 Å². The van der Waals surface area contributed by atoms with Crippen LogP contribution in [0.1, 0.15) is 5.56 Å². The molecule has 2 rings (SSSR count). The number of hydrogen-bond donors (Lipinski definition) is 1. The standard InChI is InChI=1S/C11H9BrIN3O/c12-8-1-2-10(7(3-8)4-14)17-11-15-5-9(13)6-16-11/h1-3,5-6H,4,14H2. The quantitative estimate of drug-likeness (QED) is 0.797. The second-order valence-corrected chi connectivity index (χ2v) is 5.40. The molecule has 0 aliphatic heterocycles. The van der Waals surface area contributed by atoms with E-state index in [9.17, 15) is 0 Å². The molecule has 1 aromatic heterocycles. The molecular formula is C11H9BrIN3O. The Labute approximate surface area is 121 Å². The maximum absolute atomic E-state index is 5.65. The Morgan fingerprint density at radius 1 is 1.29 bits per heavy atom.